The molecule has 0 spiro atoms. The van der Waals surface area contributed by atoms with Gasteiger partial charge in [-0.2, -0.15) is 21.6 Å². The third-order valence-corrected chi connectivity index (χ3v) is 6.93. The van der Waals surface area contributed by atoms with Crippen molar-refractivity contribution in [2.24, 2.45) is 0 Å². The molecule has 0 N–H and O–H groups in total. The van der Waals surface area contributed by atoms with Crippen LogP contribution in [0.25, 0.3) is 21.6 Å². The maximum absolute atomic E-state index is 12.7. The van der Waals surface area contributed by atoms with Gasteiger partial charge in [-0.1, -0.05) is 30.3 Å². The molecule has 0 bridgehead atoms. The van der Waals surface area contributed by atoms with Crippen LogP contribution in [0.5, 0.6) is 5.75 Å². The van der Waals surface area contributed by atoms with Gasteiger partial charge in [0.25, 0.3) is 0 Å². The fourth-order valence-electron chi connectivity index (χ4n) is 2.63. The molecule has 0 atom stereocenters. The van der Waals surface area contributed by atoms with E-state index in [-0.39, 0.29) is 10.5 Å². The van der Waals surface area contributed by atoms with Gasteiger partial charge in [-0.25, -0.2) is 8.42 Å². The minimum Gasteiger partial charge on any atom is -0.375 e. The first-order valence-corrected chi connectivity index (χ1v) is 12.1. The maximum atomic E-state index is 12.7. The van der Waals surface area contributed by atoms with Crippen LogP contribution >= 0.6 is 11.3 Å². The Bertz CT molecular complexity index is 1260. The second-order valence-electron chi connectivity index (χ2n) is 5.91. The normalized spacial score (nSPS) is 12.7. The molecular formula is C18H13F3O5S3. The molecule has 0 unspecified atom stereocenters. The van der Waals surface area contributed by atoms with Crippen molar-refractivity contribution in [2.45, 2.75) is 10.4 Å². The zero-order valence-corrected chi connectivity index (χ0v) is 17.1. The van der Waals surface area contributed by atoms with Crippen molar-refractivity contribution in [3.8, 4) is 27.3 Å². The summed E-state index contributed by atoms with van der Waals surface area (Å²) in [5.74, 6) is -0.509. The number of thiophene rings is 1. The van der Waals surface area contributed by atoms with Gasteiger partial charge in [0.1, 0.15) is 0 Å². The van der Waals surface area contributed by atoms with E-state index < -0.39 is 31.2 Å². The van der Waals surface area contributed by atoms with E-state index >= 15 is 0 Å². The van der Waals surface area contributed by atoms with E-state index in [1.54, 1.807) is 29.6 Å². The van der Waals surface area contributed by atoms with Crippen LogP contribution in [0, 0.1) is 0 Å². The Balaban J connectivity index is 2.18. The molecular weight excluding hydrogens is 449 g/mol. The molecule has 29 heavy (non-hydrogen) atoms. The topological polar surface area (TPSA) is 77.5 Å². The molecule has 2 aromatic carbocycles. The van der Waals surface area contributed by atoms with Crippen molar-refractivity contribution >= 4 is 31.3 Å². The quantitative estimate of drug-likeness (QED) is 0.405. The summed E-state index contributed by atoms with van der Waals surface area (Å²) < 4.78 is 89.8. The summed E-state index contributed by atoms with van der Waals surface area (Å²) >= 11 is 1.11. The number of alkyl halides is 3. The third kappa shape index (κ3) is 4.31. The summed E-state index contributed by atoms with van der Waals surface area (Å²) in [6.07, 6.45) is 1.05. The highest BCUT2D eigenvalue weighted by molar-refractivity contribution is 7.90. The Morgan fingerprint density at radius 2 is 1.41 bits per heavy atom. The number of hydrogen-bond acceptors (Lipinski definition) is 6. The maximum Gasteiger partial charge on any atom is 0.534 e. The number of sulfone groups is 1. The Morgan fingerprint density at radius 1 is 0.828 bits per heavy atom. The lowest BCUT2D eigenvalue weighted by Gasteiger charge is -2.14. The van der Waals surface area contributed by atoms with E-state index in [0.29, 0.717) is 16.0 Å². The van der Waals surface area contributed by atoms with Crippen LogP contribution in [0.1, 0.15) is 0 Å². The van der Waals surface area contributed by atoms with Crippen LogP contribution < -0.4 is 4.18 Å². The van der Waals surface area contributed by atoms with Gasteiger partial charge < -0.3 is 4.18 Å². The van der Waals surface area contributed by atoms with Crippen LogP contribution in [0.4, 0.5) is 13.2 Å². The van der Waals surface area contributed by atoms with Crippen molar-refractivity contribution < 1.29 is 34.2 Å². The lowest BCUT2D eigenvalue weighted by molar-refractivity contribution is -0.0499. The minimum absolute atomic E-state index is 0.0426. The molecule has 0 aliphatic heterocycles. The molecule has 11 heteroatoms. The zero-order chi connectivity index (χ0) is 21.4. The highest BCUT2D eigenvalue weighted by Gasteiger charge is 2.48. The first-order chi connectivity index (χ1) is 13.4. The van der Waals surface area contributed by atoms with E-state index in [4.69, 9.17) is 0 Å². The molecule has 0 fully saturated rings. The molecule has 0 saturated heterocycles. The molecule has 3 rings (SSSR count). The van der Waals surface area contributed by atoms with Crippen LogP contribution in [0.2, 0.25) is 0 Å². The molecule has 1 aromatic heterocycles. The van der Waals surface area contributed by atoms with Gasteiger partial charge in [0, 0.05) is 27.8 Å². The first kappa shape index (κ1) is 21.3. The predicted molar refractivity (Wildman–Crippen MR) is 104 cm³/mol. The second kappa shape index (κ2) is 7.47. The molecule has 0 radical (unpaired) electrons. The van der Waals surface area contributed by atoms with Crippen molar-refractivity contribution in [2.75, 3.05) is 6.26 Å². The standard InChI is InChI=1S/C18H13F3O5S3/c1-28(22,23)16-9-5-3-6-12(16)13-10-11-27-17(13)14-7-2-4-8-15(14)26-29(24,25)18(19,20)21/h2-11H,1H3. The molecule has 5 nitrogen and oxygen atoms in total. The van der Waals surface area contributed by atoms with Gasteiger partial charge in [0.15, 0.2) is 15.6 Å². The Labute approximate surface area is 169 Å². The lowest BCUT2D eigenvalue weighted by atomic mass is 10.0. The van der Waals surface area contributed by atoms with Gasteiger partial charge in [0.2, 0.25) is 0 Å². The van der Waals surface area contributed by atoms with E-state index in [0.717, 1.165) is 23.7 Å². The molecule has 0 saturated carbocycles. The first-order valence-electron chi connectivity index (χ1n) is 7.89. The monoisotopic (exact) mass is 462 g/mol. The Morgan fingerprint density at radius 3 is 2.03 bits per heavy atom. The Hall–Kier alpha value is -2.37. The molecule has 0 aliphatic carbocycles. The highest BCUT2D eigenvalue weighted by atomic mass is 32.2. The van der Waals surface area contributed by atoms with Crippen LogP contribution in [-0.4, -0.2) is 28.6 Å². The predicted octanol–water partition coefficient (Wildman–Crippen LogP) is 4.71. The summed E-state index contributed by atoms with van der Waals surface area (Å²) in [6, 6.07) is 13.1. The molecule has 0 amide bonds. The number of para-hydroxylation sites is 1. The van der Waals surface area contributed by atoms with Crippen molar-refractivity contribution in [1.29, 1.82) is 0 Å². The summed E-state index contributed by atoms with van der Waals surface area (Å²) in [5.41, 5.74) is -4.72. The van der Waals surface area contributed by atoms with E-state index in [1.165, 1.54) is 24.3 Å². The lowest BCUT2D eigenvalue weighted by Crippen LogP contribution is -2.28. The molecule has 0 aliphatic rings. The average molecular weight is 462 g/mol. The smallest absolute Gasteiger partial charge is 0.375 e. The Kier molecular flexibility index (Phi) is 5.50. The highest BCUT2D eigenvalue weighted by Crippen LogP contribution is 2.43. The minimum atomic E-state index is -5.86. The van der Waals surface area contributed by atoms with E-state index in [9.17, 15) is 30.0 Å². The van der Waals surface area contributed by atoms with Crippen molar-refractivity contribution in [1.82, 2.24) is 0 Å². The molecule has 154 valence electrons. The van der Waals surface area contributed by atoms with Gasteiger partial charge >= 0.3 is 15.6 Å². The summed E-state index contributed by atoms with van der Waals surface area (Å²) in [4.78, 5) is 0.412. The fourth-order valence-corrected chi connectivity index (χ4v) is 4.95. The number of halogens is 3. The summed E-state index contributed by atoms with van der Waals surface area (Å²) in [7, 11) is -9.45. The number of rotatable bonds is 5. The van der Waals surface area contributed by atoms with Gasteiger partial charge in [-0.15, -0.1) is 11.3 Å². The van der Waals surface area contributed by atoms with Gasteiger partial charge in [-0.05, 0) is 29.6 Å². The average Bonchev–Trinajstić information content (AvgIpc) is 3.09. The number of hydrogen-bond donors (Lipinski definition) is 0. The zero-order valence-electron chi connectivity index (χ0n) is 14.7. The third-order valence-electron chi connectivity index (χ3n) is 3.86. The fraction of sp³-hybridized carbons (Fsp3) is 0.111. The van der Waals surface area contributed by atoms with Crippen molar-refractivity contribution in [3.05, 3.63) is 60.0 Å². The summed E-state index contributed by atoms with van der Waals surface area (Å²) in [6.45, 7) is 0. The largest absolute Gasteiger partial charge is 0.534 e. The van der Waals surface area contributed by atoms with Gasteiger partial charge in [-0.3, -0.25) is 0 Å². The second-order valence-corrected chi connectivity index (χ2v) is 10.3. The van der Waals surface area contributed by atoms with E-state index in [1.807, 2.05) is 0 Å². The van der Waals surface area contributed by atoms with Crippen LogP contribution in [0.3, 0.4) is 0 Å². The molecule has 1 heterocycles. The van der Waals surface area contributed by atoms with Crippen LogP contribution in [0.15, 0.2) is 64.9 Å². The van der Waals surface area contributed by atoms with Crippen molar-refractivity contribution in [3.63, 3.8) is 0 Å². The number of benzene rings is 2. The molecule has 3 aromatic rings. The SMILES string of the molecule is CS(=O)(=O)c1ccccc1-c1ccsc1-c1ccccc1OS(=O)(=O)C(F)(F)F. The van der Waals surface area contributed by atoms with Gasteiger partial charge in [0.05, 0.1) is 4.90 Å². The van der Waals surface area contributed by atoms with E-state index in [2.05, 4.69) is 4.18 Å². The van der Waals surface area contributed by atoms with Crippen LogP contribution in [-0.2, 0) is 20.0 Å². The summed E-state index contributed by atoms with van der Waals surface area (Å²) in [5, 5.41) is 1.62.